The maximum absolute atomic E-state index is 10.6. The molecule has 0 aliphatic rings. The molecule has 0 aliphatic heterocycles. The topological polar surface area (TPSA) is 64.1 Å². The van der Waals surface area contributed by atoms with E-state index in [1.807, 2.05) is 18.5 Å². The number of hydrogen-bond donors (Lipinski definition) is 2. The van der Waals surface area contributed by atoms with Gasteiger partial charge in [-0.2, -0.15) is 5.10 Å². The Hall–Kier alpha value is -0.390. The fourth-order valence-electron chi connectivity index (χ4n) is 1.78. The third-order valence-electron chi connectivity index (χ3n) is 2.91. The fraction of sp³-hybridized carbons (Fsp3) is 0.727. The van der Waals surface area contributed by atoms with Gasteiger partial charge in [0, 0.05) is 13.1 Å². The molecule has 0 aliphatic carbocycles. The van der Waals surface area contributed by atoms with Crippen molar-refractivity contribution in [2.75, 3.05) is 6.54 Å². The number of hydrogen-bond acceptors (Lipinski definition) is 3. The van der Waals surface area contributed by atoms with Crippen LogP contribution in [0.3, 0.4) is 0 Å². The molecule has 0 aromatic carbocycles. The summed E-state index contributed by atoms with van der Waals surface area (Å²) in [5, 5.41) is 14.9. The first kappa shape index (κ1) is 13.7. The lowest BCUT2D eigenvalue weighted by atomic mass is 9.87. The Morgan fingerprint density at radius 2 is 2.25 bits per heavy atom. The zero-order valence-electron chi connectivity index (χ0n) is 10.1. The van der Waals surface area contributed by atoms with E-state index in [2.05, 4.69) is 28.0 Å². The second kappa shape index (κ2) is 5.29. The van der Waals surface area contributed by atoms with E-state index in [4.69, 9.17) is 5.73 Å². The van der Waals surface area contributed by atoms with Crippen LogP contribution < -0.4 is 5.73 Å². The minimum absolute atomic E-state index is 0.0427. The number of aryl methyl sites for hydroxylation is 1. The molecule has 3 N–H and O–H groups in total. The molecule has 0 saturated heterocycles. The molecule has 1 aromatic rings. The molecule has 0 radical (unpaired) electrons. The monoisotopic (exact) mass is 289 g/mol. The summed E-state index contributed by atoms with van der Waals surface area (Å²) in [6.07, 6.45) is 2.69. The highest BCUT2D eigenvalue weighted by molar-refractivity contribution is 9.10. The predicted octanol–water partition coefficient (Wildman–Crippen LogP) is 1.86. The van der Waals surface area contributed by atoms with Gasteiger partial charge in [0.1, 0.15) is 5.60 Å². The molecule has 0 fully saturated rings. The Balaban J connectivity index is 3.23. The Labute approximate surface area is 105 Å². The van der Waals surface area contributed by atoms with Crippen molar-refractivity contribution >= 4 is 15.9 Å². The molecule has 1 aromatic heterocycles. The second-order valence-electron chi connectivity index (χ2n) is 4.35. The SMILES string of the molecule is CCCn1ncc(Br)c1C(O)(CN)C(C)C. The first-order valence-electron chi connectivity index (χ1n) is 5.61. The van der Waals surface area contributed by atoms with Gasteiger partial charge in [0.25, 0.3) is 0 Å². The first-order chi connectivity index (χ1) is 7.47. The van der Waals surface area contributed by atoms with Gasteiger partial charge in [-0.15, -0.1) is 0 Å². The van der Waals surface area contributed by atoms with Crippen LogP contribution in [0.15, 0.2) is 10.7 Å². The highest BCUT2D eigenvalue weighted by atomic mass is 79.9. The van der Waals surface area contributed by atoms with E-state index in [1.54, 1.807) is 6.20 Å². The quantitative estimate of drug-likeness (QED) is 0.870. The Kier molecular flexibility index (Phi) is 4.52. The van der Waals surface area contributed by atoms with E-state index < -0.39 is 5.60 Å². The maximum Gasteiger partial charge on any atom is 0.122 e. The molecule has 5 heteroatoms. The molecule has 1 unspecified atom stereocenters. The number of aromatic nitrogens is 2. The Morgan fingerprint density at radius 3 is 2.69 bits per heavy atom. The molecule has 0 spiro atoms. The summed E-state index contributed by atoms with van der Waals surface area (Å²) in [4.78, 5) is 0. The van der Waals surface area contributed by atoms with Crippen molar-refractivity contribution in [1.82, 2.24) is 9.78 Å². The van der Waals surface area contributed by atoms with Crippen LogP contribution in [0.5, 0.6) is 0 Å². The number of halogens is 1. The highest BCUT2D eigenvalue weighted by Gasteiger charge is 2.36. The number of nitrogens with zero attached hydrogens (tertiary/aromatic N) is 2. The average Bonchev–Trinajstić information content (AvgIpc) is 2.59. The van der Waals surface area contributed by atoms with E-state index in [9.17, 15) is 5.11 Å². The van der Waals surface area contributed by atoms with Gasteiger partial charge in [-0.05, 0) is 28.3 Å². The van der Waals surface area contributed by atoms with Crippen molar-refractivity contribution in [2.45, 2.75) is 39.3 Å². The average molecular weight is 290 g/mol. The standard InChI is InChI=1S/C11H20BrN3O/c1-4-5-15-10(9(12)6-14-15)11(16,7-13)8(2)3/h6,8,16H,4-5,7,13H2,1-3H3. The van der Waals surface area contributed by atoms with Crippen LogP contribution in [0.1, 0.15) is 32.9 Å². The van der Waals surface area contributed by atoms with Crippen LogP contribution in [0, 0.1) is 5.92 Å². The van der Waals surface area contributed by atoms with E-state index >= 15 is 0 Å². The van der Waals surface area contributed by atoms with Crippen LogP contribution in [-0.2, 0) is 12.1 Å². The van der Waals surface area contributed by atoms with Crippen molar-refractivity contribution in [3.8, 4) is 0 Å². The van der Waals surface area contributed by atoms with Crippen LogP contribution >= 0.6 is 15.9 Å². The largest absolute Gasteiger partial charge is 0.382 e. The summed E-state index contributed by atoms with van der Waals surface area (Å²) in [5.41, 5.74) is 5.48. The van der Waals surface area contributed by atoms with Crippen molar-refractivity contribution in [3.05, 3.63) is 16.4 Å². The summed E-state index contributed by atoms with van der Waals surface area (Å²) >= 11 is 3.43. The molecule has 0 bridgehead atoms. The maximum atomic E-state index is 10.6. The summed E-state index contributed by atoms with van der Waals surface area (Å²) in [6.45, 7) is 6.98. The normalized spacial score (nSPS) is 15.4. The van der Waals surface area contributed by atoms with Gasteiger partial charge in [0.15, 0.2) is 0 Å². The number of rotatable bonds is 5. The third kappa shape index (κ3) is 2.31. The van der Waals surface area contributed by atoms with E-state index in [-0.39, 0.29) is 12.5 Å². The minimum atomic E-state index is -1.02. The summed E-state index contributed by atoms with van der Waals surface area (Å²) in [5.74, 6) is 0.0427. The van der Waals surface area contributed by atoms with Gasteiger partial charge in [-0.25, -0.2) is 0 Å². The zero-order valence-corrected chi connectivity index (χ0v) is 11.7. The van der Waals surface area contributed by atoms with E-state index in [0.29, 0.717) is 0 Å². The van der Waals surface area contributed by atoms with Crippen molar-refractivity contribution < 1.29 is 5.11 Å². The van der Waals surface area contributed by atoms with Gasteiger partial charge in [0.05, 0.1) is 16.4 Å². The van der Waals surface area contributed by atoms with Crippen LogP contribution in [0.4, 0.5) is 0 Å². The Bertz CT molecular complexity index is 351. The van der Waals surface area contributed by atoms with Gasteiger partial charge in [-0.3, -0.25) is 4.68 Å². The molecule has 16 heavy (non-hydrogen) atoms. The van der Waals surface area contributed by atoms with Gasteiger partial charge in [-0.1, -0.05) is 20.8 Å². The van der Waals surface area contributed by atoms with Crippen LogP contribution in [0.2, 0.25) is 0 Å². The first-order valence-corrected chi connectivity index (χ1v) is 6.40. The molecule has 1 atom stereocenters. The van der Waals surface area contributed by atoms with Gasteiger partial charge < -0.3 is 10.8 Å². The van der Waals surface area contributed by atoms with Crippen molar-refractivity contribution in [3.63, 3.8) is 0 Å². The summed E-state index contributed by atoms with van der Waals surface area (Å²) in [7, 11) is 0. The smallest absolute Gasteiger partial charge is 0.122 e. The van der Waals surface area contributed by atoms with E-state index in [1.165, 1.54) is 0 Å². The Morgan fingerprint density at radius 1 is 1.62 bits per heavy atom. The minimum Gasteiger partial charge on any atom is -0.382 e. The highest BCUT2D eigenvalue weighted by Crippen LogP contribution is 2.33. The van der Waals surface area contributed by atoms with Gasteiger partial charge in [0.2, 0.25) is 0 Å². The lowest BCUT2D eigenvalue weighted by molar-refractivity contribution is -0.0102. The molecule has 1 heterocycles. The van der Waals surface area contributed by atoms with Crippen LogP contribution in [0.25, 0.3) is 0 Å². The lowest BCUT2D eigenvalue weighted by Gasteiger charge is -2.31. The van der Waals surface area contributed by atoms with Gasteiger partial charge >= 0.3 is 0 Å². The number of nitrogens with two attached hydrogens (primary N) is 1. The van der Waals surface area contributed by atoms with Crippen molar-refractivity contribution in [1.29, 1.82) is 0 Å². The fourth-order valence-corrected chi connectivity index (χ4v) is 2.42. The number of aliphatic hydroxyl groups is 1. The molecule has 92 valence electrons. The molecule has 1 rings (SSSR count). The van der Waals surface area contributed by atoms with Crippen molar-refractivity contribution in [2.24, 2.45) is 11.7 Å². The summed E-state index contributed by atoms with van der Waals surface area (Å²) < 4.78 is 2.65. The predicted molar refractivity (Wildman–Crippen MR) is 68.0 cm³/mol. The molecule has 4 nitrogen and oxygen atoms in total. The molecule has 0 saturated carbocycles. The van der Waals surface area contributed by atoms with E-state index in [0.717, 1.165) is 23.1 Å². The zero-order chi connectivity index (χ0) is 12.3. The molecular formula is C11H20BrN3O. The van der Waals surface area contributed by atoms with Crippen LogP contribution in [-0.4, -0.2) is 21.4 Å². The molecular weight excluding hydrogens is 270 g/mol. The second-order valence-corrected chi connectivity index (χ2v) is 5.20. The third-order valence-corrected chi connectivity index (χ3v) is 3.49. The summed E-state index contributed by atoms with van der Waals surface area (Å²) in [6, 6.07) is 0. The molecule has 0 amide bonds. The lowest BCUT2D eigenvalue weighted by Crippen LogP contribution is -2.42.